The van der Waals surface area contributed by atoms with E-state index in [9.17, 15) is 4.39 Å². The quantitative estimate of drug-likeness (QED) is 0.922. The van der Waals surface area contributed by atoms with Crippen molar-refractivity contribution in [2.75, 3.05) is 18.4 Å². The molecule has 92 valence electrons. The van der Waals surface area contributed by atoms with Gasteiger partial charge >= 0.3 is 0 Å². The van der Waals surface area contributed by atoms with Crippen LogP contribution < -0.4 is 5.32 Å². The van der Waals surface area contributed by atoms with Gasteiger partial charge in [-0.15, -0.1) is 0 Å². The Kier molecular flexibility index (Phi) is 3.09. The van der Waals surface area contributed by atoms with Gasteiger partial charge in [0.15, 0.2) is 0 Å². The first-order valence-corrected chi connectivity index (χ1v) is 6.97. The van der Waals surface area contributed by atoms with E-state index in [0.29, 0.717) is 6.04 Å². The topological polar surface area (TPSA) is 15.3 Å². The highest BCUT2D eigenvalue weighted by Gasteiger charge is 2.34. The summed E-state index contributed by atoms with van der Waals surface area (Å²) < 4.78 is 13.8. The summed E-state index contributed by atoms with van der Waals surface area (Å²) in [6.45, 7) is 2.32. The van der Waals surface area contributed by atoms with Gasteiger partial charge in [-0.3, -0.25) is 4.90 Å². The van der Waals surface area contributed by atoms with Gasteiger partial charge in [0.1, 0.15) is 5.82 Å². The molecule has 1 saturated heterocycles. The lowest BCUT2D eigenvalue weighted by Gasteiger charge is -2.17. The van der Waals surface area contributed by atoms with Crippen LogP contribution in [-0.2, 0) is 0 Å². The maximum absolute atomic E-state index is 13.0. The number of nitrogens with one attached hydrogen (secondary N) is 1. The molecule has 1 aliphatic heterocycles. The van der Waals surface area contributed by atoms with Crippen molar-refractivity contribution in [2.45, 2.75) is 31.3 Å². The van der Waals surface area contributed by atoms with Crippen LogP contribution in [0.1, 0.15) is 19.3 Å². The van der Waals surface area contributed by atoms with Crippen LogP contribution in [0.25, 0.3) is 0 Å². The third kappa shape index (κ3) is 2.63. The fourth-order valence-electron chi connectivity index (χ4n) is 2.50. The second kappa shape index (κ2) is 4.58. The van der Waals surface area contributed by atoms with Crippen molar-refractivity contribution in [1.82, 2.24) is 4.90 Å². The highest BCUT2D eigenvalue weighted by molar-refractivity contribution is 9.10. The molecular formula is C13H16BrFN2. The molecule has 1 aliphatic carbocycles. The molecule has 0 aromatic heterocycles. The first kappa shape index (κ1) is 11.5. The normalized spacial score (nSPS) is 25.2. The lowest BCUT2D eigenvalue weighted by Crippen LogP contribution is -2.27. The second-order valence-corrected chi connectivity index (χ2v) is 5.83. The molecule has 1 aromatic carbocycles. The smallest absolute Gasteiger partial charge is 0.124 e. The molecule has 2 fully saturated rings. The number of nitrogens with zero attached hydrogens (tertiary/aromatic N) is 1. The zero-order valence-electron chi connectivity index (χ0n) is 9.63. The average Bonchev–Trinajstić information content (AvgIpc) is 3.04. The highest BCUT2D eigenvalue weighted by Crippen LogP contribution is 2.31. The Morgan fingerprint density at radius 1 is 1.29 bits per heavy atom. The molecule has 2 nitrogen and oxygen atoms in total. The molecule has 3 rings (SSSR count). The van der Waals surface area contributed by atoms with Crippen LogP contribution in [0.4, 0.5) is 10.1 Å². The summed E-state index contributed by atoms with van der Waals surface area (Å²) in [7, 11) is 0. The van der Waals surface area contributed by atoms with Crippen molar-refractivity contribution in [1.29, 1.82) is 0 Å². The SMILES string of the molecule is Fc1ccc(NC2CCN(C3CC3)C2)c(Br)c1. The lowest BCUT2D eigenvalue weighted by atomic mass is 10.2. The summed E-state index contributed by atoms with van der Waals surface area (Å²) >= 11 is 3.39. The van der Waals surface area contributed by atoms with Gasteiger partial charge in [0.2, 0.25) is 0 Å². The molecule has 1 heterocycles. The van der Waals surface area contributed by atoms with E-state index < -0.39 is 0 Å². The Morgan fingerprint density at radius 2 is 2.12 bits per heavy atom. The Hall–Kier alpha value is -0.610. The van der Waals surface area contributed by atoms with Crippen molar-refractivity contribution in [3.63, 3.8) is 0 Å². The average molecular weight is 299 g/mol. The molecular weight excluding hydrogens is 283 g/mol. The van der Waals surface area contributed by atoms with Crippen LogP contribution in [0, 0.1) is 5.82 Å². The molecule has 1 saturated carbocycles. The van der Waals surface area contributed by atoms with Gasteiger partial charge < -0.3 is 5.32 Å². The van der Waals surface area contributed by atoms with Gasteiger partial charge in [0.05, 0.1) is 0 Å². The summed E-state index contributed by atoms with van der Waals surface area (Å²) in [5.74, 6) is -0.201. The molecule has 0 radical (unpaired) electrons. The summed E-state index contributed by atoms with van der Waals surface area (Å²) in [5.41, 5.74) is 0.994. The zero-order valence-corrected chi connectivity index (χ0v) is 11.2. The summed E-state index contributed by atoms with van der Waals surface area (Å²) in [6, 6.07) is 6.16. The molecule has 0 amide bonds. The number of benzene rings is 1. The zero-order chi connectivity index (χ0) is 11.8. The Labute approximate surface area is 109 Å². The van der Waals surface area contributed by atoms with E-state index in [1.165, 1.54) is 37.9 Å². The van der Waals surface area contributed by atoms with Crippen molar-refractivity contribution in [3.8, 4) is 0 Å². The van der Waals surface area contributed by atoms with Gasteiger partial charge in [-0.2, -0.15) is 0 Å². The first-order chi connectivity index (χ1) is 8.22. The minimum absolute atomic E-state index is 0.201. The fraction of sp³-hybridized carbons (Fsp3) is 0.538. The molecule has 1 unspecified atom stereocenters. The van der Waals surface area contributed by atoms with E-state index in [-0.39, 0.29) is 5.82 Å². The molecule has 1 N–H and O–H groups in total. The maximum Gasteiger partial charge on any atom is 0.124 e. The molecule has 17 heavy (non-hydrogen) atoms. The van der Waals surface area contributed by atoms with Crippen LogP contribution in [0.3, 0.4) is 0 Å². The van der Waals surface area contributed by atoms with Gasteiger partial charge in [-0.1, -0.05) is 0 Å². The molecule has 0 bridgehead atoms. The summed E-state index contributed by atoms with van der Waals surface area (Å²) in [5, 5.41) is 3.49. The minimum Gasteiger partial charge on any atom is -0.380 e. The monoisotopic (exact) mass is 298 g/mol. The van der Waals surface area contributed by atoms with Gasteiger partial charge in [0.25, 0.3) is 0 Å². The third-order valence-corrected chi connectivity index (χ3v) is 4.23. The van der Waals surface area contributed by atoms with Gasteiger partial charge in [0, 0.05) is 35.3 Å². The number of likely N-dealkylation sites (tertiary alicyclic amines) is 1. The number of rotatable bonds is 3. The van der Waals surface area contributed by atoms with Crippen molar-refractivity contribution in [2.24, 2.45) is 0 Å². The van der Waals surface area contributed by atoms with Crippen LogP contribution in [0.15, 0.2) is 22.7 Å². The summed E-state index contributed by atoms with van der Waals surface area (Å²) in [4.78, 5) is 2.56. The van der Waals surface area contributed by atoms with Gasteiger partial charge in [-0.25, -0.2) is 4.39 Å². The van der Waals surface area contributed by atoms with Crippen LogP contribution in [0.5, 0.6) is 0 Å². The number of anilines is 1. The van der Waals surface area contributed by atoms with E-state index in [2.05, 4.69) is 26.1 Å². The maximum atomic E-state index is 13.0. The predicted molar refractivity (Wildman–Crippen MR) is 70.7 cm³/mol. The van der Waals surface area contributed by atoms with Crippen molar-refractivity contribution in [3.05, 3.63) is 28.5 Å². The largest absolute Gasteiger partial charge is 0.380 e. The fourth-order valence-corrected chi connectivity index (χ4v) is 2.97. The third-order valence-electron chi connectivity index (χ3n) is 3.57. The molecule has 0 spiro atoms. The highest BCUT2D eigenvalue weighted by atomic mass is 79.9. The van der Waals surface area contributed by atoms with Crippen LogP contribution in [-0.4, -0.2) is 30.1 Å². The van der Waals surface area contributed by atoms with E-state index in [0.717, 1.165) is 22.7 Å². The molecule has 1 aromatic rings. The van der Waals surface area contributed by atoms with Crippen LogP contribution >= 0.6 is 15.9 Å². The summed E-state index contributed by atoms with van der Waals surface area (Å²) in [6.07, 6.45) is 3.92. The number of halogens is 2. The predicted octanol–water partition coefficient (Wildman–Crippen LogP) is 3.24. The van der Waals surface area contributed by atoms with Crippen molar-refractivity contribution < 1.29 is 4.39 Å². The van der Waals surface area contributed by atoms with Crippen molar-refractivity contribution >= 4 is 21.6 Å². The Balaban J connectivity index is 1.63. The molecule has 1 atom stereocenters. The van der Waals surface area contributed by atoms with E-state index in [4.69, 9.17) is 0 Å². The lowest BCUT2D eigenvalue weighted by molar-refractivity contribution is 0.326. The minimum atomic E-state index is -0.201. The number of hydrogen-bond acceptors (Lipinski definition) is 2. The molecule has 4 heteroatoms. The molecule has 2 aliphatic rings. The first-order valence-electron chi connectivity index (χ1n) is 6.18. The Morgan fingerprint density at radius 3 is 2.82 bits per heavy atom. The van der Waals surface area contributed by atoms with E-state index in [1.807, 2.05) is 0 Å². The second-order valence-electron chi connectivity index (χ2n) is 4.98. The van der Waals surface area contributed by atoms with E-state index in [1.54, 1.807) is 6.07 Å². The standard InChI is InChI=1S/C13H16BrFN2/c14-12-7-9(15)1-4-13(12)16-10-5-6-17(8-10)11-2-3-11/h1,4,7,10-11,16H,2-3,5-6,8H2. The van der Waals surface area contributed by atoms with E-state index >= 15 is 0 Å². The number of hydrogen-bond donors (Lipinski definition) is 1. The Bertz CT molecular complexity index is 420. The van der Waals surface area contributed by atoms with Crippen LogP contribution in [0.2, 0.25) is 0 Å². The van der Waals surface area contributed by atoms with Gasteiger partial charge in [-0.05, 0) is 53.4 Å².